The molecule has 0 aromatic heterocycles. The first-order valence-electron chi connectivity index (χ1n) is 8.88. The second-order valence-electron chi connectivity index (χ2n) is 6.35. The molecule has 27 heavy (non-hydrogen) atoms. The first kappa shape index (κ1) is 25.9. The van der Waals surface area contributed by atoms with Crippen LogP contribution in [0.25, 0.3) is 0 Å². The minimum atomic E-state index is -2.98. The van der Waals surface area contributed by atoms with Crippen molar-refractivity contribution in [1.29, 1.82) is 0 Å². The maximum atomic E-state index is 14.3. The number of rotatable bonds is 9. The Morgan fingerprint density at radius 2 is 1.93 bits per heavy atom. The zero-order chi connectivity index (χ0) is 19.7. The molecule has 6 nitrogen and oxygen atoms in total. The number of nitrogens with zero attached hydrogens (tertiary/aromatic N) is 2. The summed E-state index contributed by atoms with van der Waals surface area (Å²) in [6, 6.07) is 5.17. The lowest BCUT2D eigenvalue weighted by Gasteiger charge is -2.22. The van der Waals surface area contributed by atoms with Gasteiger partial charge in [0, 0.05) is 39.0 Å². The summed E-state index contributed by atoms with van der Waals surface area (Å²) in [5.41, 5.74) is 1.42. The number of nitrogens with one attached hydrogen (secondary N) is 2. The van der Waals surface area contributed by atoms with E-state index in [1.54, 1.807) is 13.1 Å². The summed E-state index contributed by atoms with van der Waals surface area (Å²) in [4.78, 5) is 6.09. The molecular weight excluding hydrogens is 482 g/mol. The number of benzene rings is 1. The number of guanidine groups is 1. The highest BCUT2D eigenvalue weighted by molar-refractivity contribution is 14.0. The second-order valence-corrected chi connectivity index (χ2v) is 8.61. The van der Waals surface area contributed by atoms with Gasteiger partial charge in [0.25, 0.3) is 0 Å². The lowest BCUT2D eigenvalue weighted by atomic mass is 10.1. The van der Waals surface area contributed by atoms with Crippen LogP contribution in [0, 0.1) is 5.82 Å². The third-order valence-corrected chi connectivity index (χ3v) is 5.08. The molecule has 0 bridgehead atoms. The zero-order valence-corrected chi connectivity index (χ0v) is 19.9. The molecule has 0 saturated heterocycles. The van der Waals surface area contributed by atoms with Crippen molar-refractivity contribution in [3.05, 3.63) is 29.6 Å². The molecule has 2 N–H and O–H groups in total. The molecule has 1 unspecified atom stereocenters. The number of anilines is 1. The molecule has 1 rings (SSSR count). The summed E-state index contributed by atoms with van der Waals surface area (Å²) in [6.07, 6.45) is 1.72. The Labute approximate surface area is 180 Å². The Hall–Kier alpha value is -1.10. The topological polar surface area (TPSA) is 73.8 Å². The molecule has 0 saturated carbocycles. The minimum Gasteiger partial charge on any atom is -0.370 e. The van der Waals surface area contributed by atoms with Crippen molar-refractivity contribution in [2.24, 2.45) is 4.99 Å². The fraction of sp³-hybridized carbons (Fsp3) is 0.611. The van der Waals surface area contributed by atoms with Gasteiger partial charge in [-0.2, -0.15) is 0 Å². The van der Waals surface area contributed by atoms with Gasteiger partial charge < -0.3 is 15.5 Å². The standard InChI is InChI=1S/C18H31FN4O2S.HI/c1-6-23(7-2)17-9-8-15(12-16(17)19)13-21-18(20-4)22-14(3)10-11-26(5,24)25;/h8-9,12,14H,6-7,10-11,13H2,1-5H3,(H2,20,21,22);1H. The third-order valence-electron chi connectivity index (χ3n) is 4.10. The number of aliphatic imine (C=N–C) groups is 1. The molecule has 0 spiro atoms. The summed E-state index contributed by atoms with van der Waals surface area (Å²) in [5, 5.41) is 6.27. The third kappa shape index (κ3) is 9.59. The quantitative estimate of drug-likeness (QED) is 0.301. The summed E-state index contributed by atoms with van der Waals surface area (Å²) in [5.74, 6) is 0.438. The van der Waals surface area contributed by atoms with Gasteiger partial charge in [0.05, 0.1) is 11.4 Å². The molecule has 0 fully saturated rings. The zero-order valence-electron chi connectivity index (χ0n) is 16.8. The van der Waals surface area contributed by atoms with Crippen LogP contribution in [0.1, 0.15) is 32.8 Å². The van der Waals surface area contributed by atoms with E-state index in [0.717, 1.165) is 18.7 Å². The Kier molecular flexibility index (Phi) is 11.9. The summed E-state index contributed by atoms with van der Waals surface area (Å²) >= 11 is 0. The van der Waals surface area contributed by atoms with Crippen LogP contribution in [0.4, 0.5) is 10.1 Å². The molecular formula is C18H32FIN4O2S. The summed E-state index contributed by atoms with van der Waals surface area (Å²) < 4.78 is 36.8. The van der Waals surface area contributed by atoms with E-state index in [1.807, 2.05) is 31.7 Å². The van der Waals surface area contributed by atoms with Crippen molar-refractivity contribution in [3.63, 3.8) is 0 Å². The molecule has 0 aliphatic rings. The maximum absolute atomic E-state index is 14.3. The van der Waals surface area contributed by atoms with Crippen molar-refractivity contribution in [2.45, 2.75) is 39.8 Å². The van der Waals surface area contributed by atoms with Crippen LogP contribution in [-0.2, 0) is 16.4 Å². The second kappa shape index (κ2) is 12.4. The minimum absolute atomic E-state index is 0. The van der Waals surface area contributed by atoms with Gasteiger partial charge in [0.15, 0.2) is 5.96 Å². The Morgan fingerprint density at radius 3 is 2.41 bits per heavy atom. The van der Waals surface area contributed by atoms with Crippen molar-refractivity contribution in [3.8, 4) is 0 Å². The van der Waals surface area contributed by atoms with Gasteiger partial charge in [-0.05, 0) is 44.9 Å². The molecule has 0 radical (unpaired) electrons. The molecule has 1 aromatic rings. The molecule has 1 atom stereocenters. The average Bonchev–Trinajstić information content (AvgIpc) is 2.58. The van der Waals surface area contributed by atoms with E-state index in [0.29, 0.717) is 24.6 Å². The largest absolute Gasteiger partial charge is 0.370 e. The van der Waals surface area contributed by atoms with E-state index in [1.165, 1.54) is 12.3 Å². The predicted octanol–water partition coefficient (Wildman–Crippen LogP) is 2.78. The van der Waals surface area contributed by atoms with Gasteiger partial charge >= 0.3 is 0 Å². The van der Waals surface area contributed by atoms with Gasteiger partial charge in [0.1, 0.15) is 15.7 Å². The van der Waals surface area contributed by atoms with E-state index < -0.39 is 9.84 Å². The molecule has 0 aliphatic carbocycles. The highest BCUT2D eigenvalue weighted by atomic mass is 127. The number of hydrogen-bond donors (Lipinski definition) is 2. The molecule has 0 amide bonds. The maximum Gasteiger partial charge on any atom is 0.191 e. The van der Waals surface area contributed by atoms with Crippen molar-refractivity contribution in [1.82, 2.24) is 10.6 Å². The van der Waals surface area contributed by atoms with Crippen LogP contribution in [0.5, 0.6) is 0 Å². The first-order valence-corrected chi connectivity index (χ1v) is 10.9. The van der Waals surface area contributed by atoms with Crippen LogP contribution < -0.4 is 15.5 Å². The van der Waals surface area contributed by atoms with Gasteiger partial charge in [-0.25, -0.2) is 12.8 Å². The normalized spacial score (nSPS) is 12.9. The Morgan fingerprint density at radius 1 is 1.30 bits per heavy atom. The van der Waals surface area contributed by atoms with E-state index in [4.69, 9.17) is 0 Å². The first-order chi connectivity index (χ1) is 12.2. The fourth-order valence-corrected chi connectivity index (χ4v) is 3.34. The van der Waals surface area contributed by atoms with Crippen LogP contribution >= 0.6 is 24.0 Å². The smallest absolute Gasteiger partial charge is 0.191 e. The van der Waals surface area contributed by atoms with Crippen LogP contribution in [0.15, 0.2) is 23.2 Å². The molecule has 0 aliphatic heterocycles. The molecule has 0 heterocycles. The number of hydrogen-bond acceptors (Lipinski definition) is 4. The van der Waals surface area contributed by atoms with Crippen molar-refractivity contribution < 1.29 is 12.8 Å². The summed E-state index contributed by atoms with van der Waals surface area (Å²) in [7, 11) is -1.34. The average molecular weight is 514 g/mol. The van der Waals surface area contributed by atoms with E-state index in [9.17, 15) is 12.8 Å². The van der Waals surface area contributed by atoms with Crippen molar-refractivity contribution >= 4 is 45.5 Å². The molecule has 9 heteroatoms. The monoisotopic (exact) mass is 514 g/mol. The molecule has 156 valence electrons. The number of halogens is 2. The Balaban J connectivity index is 0.00000676. The van der Waals surface area contributed by atoms with Gasteiger partial charge in [-0.1, -0.05) is 6.07 Å². The van der Waals surface area contributed by atoms with Gasteiger partial charge in [-0.3, -0.25) is 4.99 Å². The SMILES string of the molecule is CCN(CC)c1ccc(CNC(=NC)NC(C)CCS(C)(=O)=O)cc1F.I. The highest BCUT2D eigenvalue weighted by Gasteiger charge is 2.11. The molecule has 1 aromatic carbocycles. The predicted molar refractivity (Wildman–Crippen MR) is 123 cm³/mol. The van der Waals surface area contributed by atoms with Crippen molar-refractivity contribution in [2.75, 3.05) is 37.0 Å². The van der Waals surface area contributed by atoms with Crippen LogP contribution in [-0.4, -0.2) is 52.6 Å². The fourth-order valence-electron chi connectivity index (χ4n) is 2.56. The Bertz CT molecular complexity index is 709. The number of sulfone groups is 1. The van der Waals surface area contributed by atoms with E-state index >= 15 is 0 Å². The van der Waals surface area contributed by atoms with Crippen LogP contribution in [0.3, 0.4) is 0 Å². The highest BCUT2D eigenvalue weighted by Crippen LogP contribution is 2.20. The van der Waals surface area contributed by atoms with E-state index in [2.05, 4.69) is 15.6 Å². The van der Waals surface area contributed by atoms with Gasteiger partial charge in [-0.15, -0.1) is 24.0 Å². The van der Waals surface area contributed by atoms with Gasteiger partial charge in [0.2, 0.25) is 0 Å². The van der Waals surface area contributed by atoms with E-state index in [-0.39, 0.29) is 41.6 Å². The lowest BCUT2D eigenvalue weighted by Crippen LogP contribution is -2.42. The lowest BCUT2D eigenvalue weighted by molar-refractivity contribution is 0.581. The van der Waals surface area contributed by atoms with Crippen LogP contribution in [0.2, 0.25) is 0 Å². The summed E-state index contributed by atoms with van der Waals surface area (Å²) in [6.45, 7) is 7.84.